The van der Waals surface area contributed by atoms with Crippen LogP contribution in [-0.2, 0) is 6.42 Å². The highest BCUT2D eigenvalue weighted by Crippen LogP contribution is 2.33. The molecule has 0 aliphatic rings. The van der Waals surface area contributed by atoms with Gasteiger partial charge in [0.15, 0.2) is 0 Å². The molecule has 84 valence electrons. The maximum atomic E-state index is 11.0. The van der Waals surface area contributed by atoms with Crippen molar-refractivity contribution in [3.63, 3.8) is 0 Å². The molecule has 0 spiro atoms. The van der Waals surface area contributed by atoms with Crippen molar-refractivity contribution < 1.29 is 14.3 Å². The highest BCUT2D eigenvalue weighted by atomic mass is 79.9. The Morgan fingerprint density at radius 3 is 2.75 bits per heavy atom. The summed E-state index contributed by atoms with van der Waals surface area (Å²) in [5.74, 6) is -0.991. The molecule has 1 aromatic heterocycles. The average Bonchev–Trinajstić information content (AvgIpc) is 2.57. The molecule has 3 nitrogen and oxygen atoms in total. The van der Waals surface area contributed by atoms with Crippen LogP contribution in [0.15, 0.2) is 21.0 Å². The Labute approximate surface area is 101 Å². The standard InChI is InChI=1S/C12H11BrO3/c1-3-7-8(13)4-5-9-10(7)6(2)11(16-9)12(14)15/h4-5H,3H2,1-2H3,(H,14,15). The van der Waals surface area contributed by atoms with E-state index in [0.717, 1.165) is 21.8 Å². The van der Waals surface area contributed by atoms with E-state index in [2.05, 4.69) is 15.9 Å². The Balaban J connectivity index is 2.87. The molecule has 0 bridgehead atoms. The number of carbonyl (C=O) groups is 1. The number of carboxylic acid groups (broad SMARTS) is 1. The minimum Gasteiger partial charge on any atom is -0.475 e. The van der Waals surface area contributed by atoms with Crippen molar-refractivity contribution in [1.82, 2.24) is 0 Å². The number of benzene rings is 1. The molecule has 0 aliphatic heterocycles. The van der Waals surface area contributed by atoms with Crippen LogP contribution in [-0.4, -0.2) is 11.1 Å². The molecule has 4 heteroatoms. The van der Waals surface area contributed by atoms with Gasteiger partial charge in [0, 0.05) is 15.4 Å². The minimum absolute atomic E-state index is 0.0304. The van der Waals surface area contributed by atoms with Crippen LogP contribution in [0.1, 0.15) is 28.6 Å². The third kappa shape index (κ3) is 1.53. The van der Waals surface area contributed by atoms with Crippen molar-refractivity contribution in [2.24, 2.45) is 0 Å². The summed E-state index contributed by atoms with van der Waals surface area (Å²) in [6.45, 7) is 3.81. The normalized spacial score (nSPS) is 10.9. The van der Waals surface area contributed by atoms with Gasteiger partial charge in [0.2, 0.25) is 5.76 Å². The highest BCUT2D eigenvalue weighted by molar-refractivity contribution is 9.10. The number of carboxylic acids is 1. The molecule has 1 N–H and O–H groups in total. The maximum absolute atomic E-state index is 11.0. The summed E-state index contributed by atoms with van der Waals surface area (Å²) >= 11 is 3.47. The van der Waals surface area contributed by atoms with Crippen molar-refractivity contribution in [3.8, 4) is 0 Å². The van der Waals surface area contributed by atoms with Gasteiger partial charge in [0.25, 0.3) is 0 Å². The maximum Gasteiger partial charge on any atom is 0.372 e. The van der Waals surface area contributed by atoms with Crippen LogP contribution in [0.3, 0.4) is 0 Å². The topological polar surface area (TPSA) is 50.4 Å². The number of aryl methyl sites for hydroxylation is 2. The average molecular weight is 283 g/mol. The summed E-state index contributed by atoms with van der Waals surface area (Å²) in [6, 6.07) is 3.67. The smallest absolute Gasteiger partial charge is 0.372 e. The van der Waals surface area contributed by atoms with Crippen LogP contribution in [0.4, 0.5) is 0 Å². The zero-order valence-electron chi connectivity index (χ0n) is 9.00. The predicted octanol–water partition coefficient (Wildman–Crippen LogP) is 3.76. The van der Waals surface area contributed by atoms with Crippen LogP contribution in [0.2, 0.25) is 0 Å². The molecule has 0 saturated heterocycles. The SMILES string of the molecule is CCc1c(Br)ccc2oc(C(=O)O)c(C)c12. The van der Waals surface area contributed by atoms with E-state index in [1.807, 2.05) is 13.0 Å². The molecule has 1 aromatic carbocycles. The van der Waals surface area contributed by atoms with Crippen molar-refractivity contribution in [2.75, 3.05) is 0 Å². The minimum atomic E-state index is -1.02. The van der Waals surface area contributed by atoms with Crippen LogP contribution in [0.25, 0.3) is 11.0 Å². The second-order valence-electron chi connectivity index (χ2n) is 3.61. The largest absolute Gasteiger partial charge is 0.475 e. The van der Waals surface area contributed by atoms with Gasteiger partial charge in [0.05, 0.1) is 0 Å². The van der Waals surface area contributed by atoms with E-state index in [1.54, 1.807) is 13.0 Å². The van der Waals surface area contributed by atoms with E-state index in [9.17, 15) is 4.79 Å². The molecule has 2 rings (SSSR count). The van der Waals surface area contributed by atoms with E-state index in [0.29, 0.717) is 11.1 Å². The molecule has 1 heterocycles. The van der Waals surface area contributed by atoms with Crippen LogP contribution in [0, 0.1) is 6.92 Å². The Hall–Kier alpha value is -1.29. The summed E-state index contributed by atoms with van der Waals surface area (Å²) in [7, 11) is 0. The lowest BCUT2D eigenvalue weighted by molar-refractivity contribution is 0.0664. The summed E-state index contributed by atoms with van der Waals surface area (Å²) in [5.41, 5.74) is 2.42. The number of halogens is 1. The molecule has 0 aliphatic carbocycles. The predicted molar refractivity (Wildman–Crippen MR) is 65.0 cm³/mol. The molecule has 0 saturated carbocycles. The van der Waals surface area contributed by atoms with E-state index in [4.69, 9.17) is 9.52 Å². The molecule has 0 amide bonds. The lowest BCUT2D eigenvalue weighted by atomic mass is 10.0. The monoisotopic (exact) mass is 282 g/mol. The van der Waals surface area contributed by atoms with Gasteiger partial charge in [-0.3, -0.25) is 0 Å². The highest BCUT2D eigenvalue weighted by Gasteiger charge is 2.19. The van der Waals surface area contributed by atoms with Crippen molar-refractivity contribution in [1.29, 1.82) is 0 Å². The van der Waals surface area contributed by atoms with Crippen LogP contribution >= 0.6 is 15.9 Å². The zero-order valence-corrected chi connectivity index (χ0v) is 10.6. The number of hydrogen-bond acceptors (Lipinski definition) is 2. The summed E-state index contributed by atoms with van der Waals surface area (Å²) in [4.78, 5) is 11.0. The van der Waals surface area contributed by atoms with Crippen molar-refractivity contribution >= 4 is 32.9 Å². The van der Waals surface area contributed by atoms with Gasteiger partial charge in [-0.05, 0) is 31.0 Å². The van der Waals surface area contributed by atoms with Crippen LogP contribution < -0.4 is 0 Å². The number of rotatable bonds is 2. The van der Waals surface area contributed by atoms with Gasteiger partial charge < -0.3 is 9.52 Å². The second kappa shape index (κ2) is 3.94. The molecule has 16 heavy (non-hydrogen) atoms. The molecule has 0 atom stereocenters. The Bertz CT molecular complexity index is 569. The summed E-state index contributed by atoms with van der Waals surface area (Å²) in [6.07, 6.45) is 0.831. The van der Waals surface area contributed by atoms with E-state index in [1.165, 1.54) is 0 Å². The lowest BCUT2D eigenvalue weighted by Crippen LogP contribution is -1.95. The molecule has 0 fully saturated rings. The van der Waals surface area contributed by atoms with Gasteiger partial charge in [-0.2, -0.15) is 0 Å². The third-order valence-corrected chi connectivity index (χ3v) is 3.44. The fourth-order valence-electron chi connectivity index (χ4n) is 1.95. The molecule has 0 radical (unpaired) electrons. The van der Waals surface area contributed by atoms with Gasteiger partial charge >= 0.3 is 5.97 Å². The molecule has 2 aromatic rings. The summed E-state index contributed by atoms with van der Waals surface area (Å²) < 4.78 is 6.33. The lowest BCUT2D eigenvalue weighted by Gasteiger charge is -2.02. The number of fused-ring (bicyclic) bond motifs is 1. The first-order valence-corrected chi connectivity index (χ1v) is 5.79. The number of furan rings is 1. The first-order valence-electron chi connectivity index (χ1n) is 5.00. The van der Waals surface area contributed by atoms with Gasteiger partial charge in [0.1, 0.15) is 5.58 Å². The molecular formula is C12H11BrO3. The summed E-state index contributed by atoms with van der Waals surface area (Å²) in [5, 5.41) is 9.91. The van der Waals surface area contributed by atoms with Gasteiger partial charge in [-0.1, -0.05) is 22.9 Å². The first kappa shape index (κ1) is 11.2. The Kier molecular flexibility index (Phi) is 2.76. The molecule has 0 unspecified atom stereocenters. The first-order chi connectivity index (χ1) is 7.56. The second-order valence-corrected chi connectivity index (χ2v) is 4.47. The number of aromatic carboxylic acids is 1. The van der Waals surface area contributed by atoms with Gasteiger partial charge in [-0.15, -0.1) is 0 Å². The van der Waals surface area contributed by atoms with Crippen molar-refractivity contribution in [3.05, 3.63) is 33.5 Å². The Morgan fingerprint density at radius 2 is 2.19 bits per heavy atom. The Morgan fingerprint density at radius 1 is 1.50 bits per heavy atom. The van der Waals surface area contributed by atoms with Gasteiger partial charge in [-0.25, -0.2) is 4.79 Å². The zero-order chi connectivity index (χ0) is 11.9. The fraction of sp³-hybridized carbons (Fsp3) is 0.250. The third-order valence-electron chi connectivity index (χ3n) is 2.69. The quantitative estimate of drug-likeness (QED) is 0.912. The van der Waals surface area contributed by atoms with E-state index >= 15 is 0 Å². The fourth-order valence-corrected chi connectivity index (χ4v) is 2.56. The molecular weight excluding hydrogens is 272 g/mol. The number of hydrogen-bond donors (Lipinski definition) is 1. The van der Waals surface area contributed by atoms with Crippen molar-refractivity contribution in [2.45, 2.75) is 20.3 Å². The van der Waals surface area contributed by atoms with E-state index in [-0.39, 0.29) is 5.76 Å². The van der Waals surface area contributed by atoms with E-state index < -0.39 is 5.97 Å². The van der Waals surface area contributed by atoms with Crippen LogP contribution in [0.5, 0.6) is 0 Å².